The van der Waals surface area contributed by atoms with Crippen molar-refractivity contribution in [2.45, 2.75) is 0 Å². The van der Waals surface area contributed by atoms with E-state index in [9.17, 15) is 0 Å². The molecule has 3 aromatic rings. The summed E-state index contributed by atoms with van der Waals surface area (Å²) >= 11 is 2.78. The van der Waals surface area contributed by atoms with Crippen molar-refractivity contribution in [2.24, 2.45) is 5.73 Å². The van der Waals surface area contributed by atoms with Crippen LogP contribution >= 0.6 is 26.3 Å². The maximum absolute atomic E-state index is 5.87. The number of halogens is 1. The van der Waals surface area contributed by atoms with Crippen molar-refractivity contribution >= 4 is 42.2 Å². The minimum atomic E-state index is -2.68. The van der Waals surface area contributed by atoms with E-state index >= 15 is 0 Å². The van der Waals surface area contributed by atoms with Crippen molar-refractivity contribution in [3.05, 3.63) is 91.0 Å². The second-order valence-electron chi connectivity index (χ2n) is 6.31. The number of rotatable bonds is 8. The van der Waals surface area contributed by atoms with Crippen LogP contribution < -0.4 is 21.6 Å². The maximum atomic E-state index is 5.87. The van der Waals surface area contributed by atoms with E-state index < -0.39 is 4.25 Å². The van der Waals surface area contributed by atoms with E-state index in [1.54, 1.807) is 0 Å². The Balaban J connectivity index is 2.24. The first-order chi connectivity index (χ1) is 12.7. The summed E-state index contributed by atoms with van der Waals surface area (Å²) in [7, 11) is 0. The first-order valence-corrected chi connectivity index (χ1v) is 14.1. The zero-order valence-electron chi connectivity index (χ0n) is 14.8. The summed E-state index contributed by atoms with van der Waals surface area (Å²) < 4.78 is 3.19. The van der Waals surface area contributed by atoms with Gasteiger partial charge in [0.15, 0.2) is 0 Å². The summed E-state index contributed by atoms with van der Waals surface area (Å²) in [5.41, 5.74) is 5.63. The fraction of sp³-hybridized carbons (Fsp3) is 0.182. The molecule has 2 nitrogen and oxygen atoms in total. The topological polar surface area (TPSA) is 35.2 Å². The van der Waals surface area contributed by atoms with Gasteiger partial charge >= 0.3 is 170 Å². The Hall–Kier alpha value is -1.26. The molecule has 0 aliphatic rings. The molecule has 0 saturated carbocycles. The molecule has 0 saturated heterocycles. The van der Waals surface area contributed by atoms with Crippen molar-refractivity contribution in [1.82, 2.24) is 0 Å². The minimum absolute atomic E-state index is 0.555. The molecule has 26 heavy (non-hydrogen) atoms. The van der Waals surface area contributed by atoms with Crippen LogP contribution in [0.3, 0.4) is 0 Å². The average molecular weight is 477 g/mol. The Morgan fingerprint density at radius 3 is 1.38 bits per heavy atom. The van der Waals surface area contributed by atoms with Gasteiger partial charge in [0.2, 0.25) is 0 Å². The molecule has 0 aliphatic carbocycles. The molecule has 0 atom stereocenters. The molecule has 136 valence electrons. The van der Waals surface area contributed by atoms with Crippen molar-refractivity contribution in [2.75, 3.05) is 25.9 Å². The second-order valence-corrected chi connectivity index (χ2v) is 17.1. The number of benzene rings is 3. The number of hydrogen-bond donors (Lipinski definition) is 1. The van der Waals surface area contributed by atoms with Crippen LogP contribution in [-0.2, 0) is 4.74 Å². The van der Waals surface area contributed by atoms with Crippen molar-refractivity contribution in [3.8, 4) is 0 Å². The average Bonchev–Trinajstić information content (AvgIpc) is 2.73. The van der Waals surface area contributed by atoms with Crippen molar-refractivity contribution < 1.29 is 4.74 Å². The molecule has 0 bridgehead atoms. The summed E-state index contributed by atoms with van der Waals surface area (Å²) in [5, 5.41) is 4.15. The van der Waals surface area contributed by atoms with Gasteiger partial charge < -0.3 is 0 Å². The second kappa shape index (κ2) is 8.62. The molecule has 0 radical (unpaired) electrons. The molecule has 3 rings (SSSR count). The molecular weight excluding hydrogens is 452 g/mol. The fourth-order valence-electron chi connectivity index (χ4n) is 3.47. The van der Waals surface area contributed by atoms with Crippen LogP contribution in [0.5, 0.6) is 0 Å². The molecule has 0 amide bonds. The van der Waals surface area contributed by atoms with E-state index in [2.05, 4.69) is 113 Å². The number of ether oxygens (including phenoxy) is 1. The van der Waals surface area contributed by atoms with Gasteiger partial charge in [0.1, 0.15) is 0 Å². The molecule has 2 N–H and O–H groups in total. The predicted octanol–water partition coefficient (Wildman–Crippen LogP) is 3.84. The zero-order valence-corrected chi connectivity index (χ0v) is 17.9. The monoisotopic (exact) mass is 477 g/mol. The van der Waals surface area contributed by atoms with Crippen LogP contribution in [0.15, 0.2) is 91.0 Å². The van der Waals surface area contributed by atoms with Crippen LogP contribution in [-0.4, -0.2) is 25.9 Å². The standard InChI is InChI=1S/C22H25INOP/c23-26(19-18-25-17-16-24,20-10-4-1-5-11-20,21-12-6-2-7-13-21)22-14-8-3-9-15-22/h1-15H,16-19,24H2. The number of hydrogen-bond acceptors (Lipinski definition) is 2. The summed E-state index contributed by atoms with van der Waals surface area (Å²) in [6.45, 7) is 1.84. The normalized spacial score (nSPS) is 13.1. The SMILES string of the molecule is NCCOCCP(I)(c1ccccc1)(c1ccccc1)c1ccccc1. The Morgan fingerprint density at radius 2 is 1.04 bits per heavy atom. The quantitative estimate of drug-likeness (QED) is 0.304. The van der Waals surface area contributed by atoms with E-state index in [4.69, 9.17) is 10.5 Å². The Labute approximate surface area is 169 Å². The molecule has 0 aliphatic heterocycles. The summed E-state index contributed by atoms with van der Waals surface area (Å²) in [6, 6.07) is 32.7. The van der Waals surface area contributed by atoms with E-state index in [0.717, 1.165) is 6.16 Å². The van der Waals surface area contributed by atoms with Crippen LogP contribution in [0.4, 0.5) is 0 Å². The first-order valence-electron chi connectivity index (χ1n) is 8.87. The molecule has 0 heterocycles. The van der Waals surface area contributed by atoms with E-state index in [1.165, 1.54) is 15.9 Å². The Bertz CT molecular complexity index is 712. The van der Waals surface area contributed by atoms with Gasteiger partial charge in [-0.15, -0.1) is 0 Å². The fourth-order valence-corrected chi connectivity index (χ4v) is 11.5. The van der Waals surface area contributed by atoms with Crippen LogP contribution in [0.2, 0.25) is 0 Å². The van der Waals surface area contributed by atoms with Gasteiger partial charge in [-0.2, -0.15) is 0 Å². The molecular formula is C22H25INOP. The molecule has 4 heteroatoms. The van der Waals surface area contributed by atoms with Gasteiger partial charge in [0.05, 0.1) is 0 Å². The summed E-state index contributed by atoms with van der Waals surface area (Å²) in [6.07, 6.45) is 0.949. The molecule has 0 aromatic heterocycles. The van der Waals surface area contributed by atoms with Crippen molar-refractivity contribution in [1.29, 1.82) is 0 Å². The summed E-state index contributed by atoms with van der Waals surface area (Å²) in [4.78, 5) is 0. The van der Waals surface area contributed by atoms with Gasteiger partial charge in [-0.1, -0.05) is 0 Å². The van der Waals surface area contributed by atoms with Gasteiger partial charge in [0.25, 0.3) is 0 Å². The predicted molar refractivity (Wildman–Crippen MR) is 124 cm³/mol. The van der Waals surface area contributed by atoms with Gasteiger partial charge in [-0.05, 0) is 0 Å². The van der Waals surface area contributed by atoms with Crippen molar-refractivity contribution in [3.63, 3.8) is 0 Å². The van der Waals surface area contributed by atoms with E-state index in [-0.39, 0.29) is 0 Å². The molecule has 3 aromatic carbocycles. The third-order valence-electron chi connectivity index (χ3n) is 4.80. The van der Waals surface area contributed by atoms with E-state index in [1.807, 2.05) is 0 Å². The molecule has 0 spiro atoms. The third kappa shape index (κ3) is 3.59. The zero-order chi connectivity index (χ0) is 18.3. The van der Waals surface area contributed by atoms with Crippen LogP contribution in [0, 0.1) is 0 Å². The summed E-state index contributed by atoms with van der Waals surface area (Å²) in [5.74, 6) is 0. The van der Waals surface area contributed by atoms with E-state index in [0.29, 0.717) is 19.8 Å². The molecule has 0 fully saturated rings. The Morgan fingerprint density at radius 1 is 0.654 bits per heavy atom. The van der Waals surface area contributed by atoms with Crippen LogP contribution in [0.1, 0.15) is 0 Å². The van der Waals surface area contributed by atoms with Crippen LogP contribution in [0.25, 0.3) is 0 Å². The van der Waals surface area contributed by atoms with Gasteiger partial charge in [-0.25, -0.2) is 0 Å². The first kappa shape index (κ1) is 19.5. The third-order valence-corrected chi connectivity index (χ3v) is 16.4. The Kier molecular flexibility index (Phi) is 6.46. The number of nitrogens with two attached hydrogens (primary N) is 1. The molecule has 0 unspecified atom stereocenters. The van der Waals surface area contributed by atoms with Gasteiger partial charge in [0, 0.05) is 0 Å². The van der Waals surface area contributed by atoms with Gasteiger partial charge in [-0.3, -0.25) is 0 Å².